The zero-order valence-electron chi connectivity index (χ0n) is 16.4. The molecule has 0 heterocycles. The highest BCUT2D eigenvalue weighted by Gasteiger charge is 2.23. The monoisotopic (exact) mass is 418 g/mol. The van der Waals surface area contributed by atoms with Crippen molar-refractivity contribution in [2.24, 2.45) is 0 Å². The predicted octanol–water partition coefficient (Wildman–Crippen LogP) is 2.97. The average Bonchev–Trinajstić information content (AvgIpc) is 2.74. The Hall–Kier alpha value is -3.16. The van der Waals surface area contributed by atoms with E-state index in [9.17, 15) is 18.4 Å². The third-order valence-electron chi connectivity index (χ3n) is 4.82. The molecule has 0 saturated heterocycles. The molecule has 0 spiro atoms. The summed E-state index contributed by atoms with van der Waals surface area (Å²) < 4.78 is 36.4. The minimum absolute atomic E-state index is 0.0259. The number of halogens is 2. The minimum Gasteiger partial charge on any atom is -0.484 e. The number of hydrogen-bond donors (Lipinski definition) is 2. The Morgan fingerprint density at radius 2 is 1.03 bits per heavy atom. The van der Waals surface area contributed by atoms with Crippen molar-refractivity contribution in [3.8, 4) is 11.5 Å². The molecule has 2 aromatic carbocycles. The molecule has 0 bridgehead atoms. The molecule has 1 aliphatic rings. The number of benzene rings is 2. The van der Waals surface area contributed by atoms with Gasteiger partial charge in [-0.25, -0.2) is 8.78 Å². The Bertz CT molecular complexity index is 764. The van der Waals surface area contributed by atoms with Gasteiger partial charge >= 0.3 is 0 Å². The normalized spacial score (nSPS) is 18.3. The van der Waals surface area contributed by atoms with Gasteiger partial charge in [0, 0.05) is 12.1 Å². The van der Waals surface area contributed by atoms with Crippen molar-refractivity contribution in [1.82, 2.24) is 10.6 Å². The van der Waals surface area contributed by atoms with Gasteiger partial charge in [0.05, 0.1) is 0 Å². The van der Waals surface area contributed by atoms with Crippen molar-refractivity contribution in [2.75, 3.05) is 13.2 Å². The van der Waals surface area contributed by atoms with Gasteiger partial charge in [-0.2, -0.15) is 0 Å². The largest absolute Gasteiger partial charge is 0.484 e. The summed E-state index contributed by atoms with van der Waals surface area (Å²) in [6, 6.07) is 11.0. The molecule has 2 N–H and O–H groups in total. The molecule has 6 nitrogen and oxygen atoms in total. The maximum absolute atomic E-state index is 12.9. The number of carbonyl (C=O) groups excluding carboxylic acids is 2. The van der Waals surface area contributed by atoms with Gasteiger partial charge in [0.25, 0.3) is 11.8 Å². The molecular weight excluding hydrogens is 394 g/mol. The van der Waals surface area contributed by atoms with E-state index in [4.69, 9.17) is 9.47 Å². The van der Waals surface area contributed by atoms with E-state index in [-0.39, 0.29) is 48.7 Å². The summed E-state index contributed by atoms with van der Waals surface area (Å²) in [5, 5.41) is 5.84. The molecule has 0 aromatic heterocycles. The first-order chi connectivity index (χ1) is 14.5. The van der Waals surface area contributed by atoms with Crippen LogP contribution in [0.4, 0.5) is 8.78 Å². The van der Waals surface area contributed by atoms with Crippen molar-refractivity contribution in [3.63, 3.8) is 0 Å². The molecule has 160 valence electrons. The molecular formula is C22H24F2N2O4. The van der Waals surface area contributed by atoms with E-state index in [1.807, 2.05) is 0 Å². The summed E-state index contributed by atoms with van der Waals surface area (Å²) in [5.74, 6) is -0.337. The van der Waals surface area contributed by atoms with Gasteiger partial charge in [0.15, 0.2) is 13.2 Å². The van der Waals surface area contributed by atoms with E-state index in [0.717, 1.165) is 25.7 Å². The molecule has 8 heteroatoms. The first-order valence-electron chi connectivity index (χ1n) is 9.83. The molecule has 2 aromatic rings. The lowest BCUT2D eigenvalue weighted by Gasteiger charge is -2.29. The van der Waals surface area contributed by atoms with Crippen LogP contribution in [0.3, 0.4) is 0 Å². The number of carbonyl (C=O) groups is 2. The first kappa shape index (κ1) is 21.5. The van der Waals surface area contributed by atoms with Crippen LogP contribution in [0.5, 0.6) is 11.5 Å². The minimum atomic E-state index is -0.363. The molecule has 3 rings (SSSR count). The molecule has 0 radical (unpaired) electrons. The van der Waals surface area contributed by atoms with Gasteiger partial charge < -0.3 is 20.1 Å². The second kappa shape index (κ2) is 10.6. The van der Waals surface area contributed by atoms with Gasteiger partial charge in [-0.05, 0) is 74.2 Å². The summed E-state index contributed by atoms with van der Waals surface area (Å²) in [7, 11) is 0. The smallest absolute Gasteiger partial charge is 0.258 e. The zero-order valence-corrected chi connectivity index (χ0v) is 16.4. The number of ether oxygens (including phenoxy) is 2. The van der Waals surface area contributed by atoms with E-state index >= 15 is 0 Å². The van der Waals surface area contributed by atoms with Gasteiger partial charge in [-0.3, -0.25) is 9.59 Å². The van der Waals surface area contributed by atoms with E-state index in [0.29, 0.717) is 11.5 Å². The number of amides is 2. The van der Waals surface area contributed by atoms with Gasteiger partial charge in [0.2, 0.25) is 0 Å². The maximum Gasteiger partial charge on any atom is 0.258 e. The van der Waals surface area contributed by atoms with Crippen LogP contribution in [0.1, 0.15) is 25.7 Å². The summed E-state index contributed by atoms with van der Waals surface area (Å²) in [6.07, 6.45) is 2.97. The summed E-state index contributed by atoms with van der Waals surface area (Å²) in [5.41, 5.74) is 0. The second-order valence-electron chi connectivity index (χ2n) is 7.17. The van der Waals surface area contributed by atoms with Crippen molar-refractivity contribution in [2.45, 2.75) is 37.8 Å². The second-order valence-corrected chi connectivity index (χ2v) is 7.17. The van der Waals surface area contributed by atoms with Crippen LogP contribution < -0.4 is 20.1 Å². The topological polar surface area (TPSA) is 76.7 Å². The highest BCUT2D eigenvalue weighted by Crippen LogP contribution is 2.19. The fraction of sp³-hybridized carbons (Fsp3) is 0.364. The summed E-state index contributed by atoms with van der Waals surface area (Å²) >= 11 is 0. The Morgan fingerprint density at radius 3 is 1.37 bits per heavy atom. The lowest BCUT2D eigenvalue weighted by atomic mass is 9.91. The fourth-order valence-electron chi connectivity index (χ4n) is 3.28. The molecule has 1 aliphatic carbocycles. The number of nitrogens with one attached hydrogen (secondary N) is 2. The maximum atomic E-state index is 12.9. The van der Waals surface area contributed by atoms with E-state index in [1.54, 1.807) is 0 Å². The predicted molar refractivity (Wildman–Crippen MR) is 106 cm³/mol. The van der Waals surface area contributed by atoms with E-state index in [1.165, 1.54) is 48.5 Å². The van der Waals surface area contributed by atoms with Crippen LogP contribution in [-0.4, -0.2) is 37.1 Å². The summed E-state index contributed by atoms with van der Waals surface area (Å²) in [4.78, 5) is 24.1. The number of hydrogen-bond acceptors (Lipinski definition) is 4. The Balaban J connectivity index is 1.31. The van der Waals surface area contributed by atoms with Crippen LogP contribution in [0.25, 0.3) is 0 Å². The highest BCUT2D eigenvalue weighted by molar-refractivity contribution is 5.78. The van der Waals surface area contributed by atoms with Crippen LogP contribution in [-0.2, 0) is 9.59 Å². The molecule has 0 atom stereocenters. The van der Waals surface area contributed by atoms with Crippen LogP contribution in [0.2, 0.25) is 0 Å². The van der Waals surface area contributed by atoms with Crippen molar-refractivity contribution in [1.29, 1.82) is 0 Å². The van der Waals surface area contributed by atoms with Gasteiger partial charge in [-0.1, -0.05) is 0 Å². The molecule has 2 amide bonds. The first-order valence-corrected chi connectivity index (χ1v) is 9.83. The lowest BCUT2D eigenvalue weighted by Crippen LogP contribution is -2.45. The quantitative estimate of drug-likeness (QED) is 0.691. The fourth-order valence-corrected chi connectivity index (χ4v) is 3.28. The van der Waals surface area contributed by atoms with Crippen molar-refractivity contribution in [3.05, 3.63) is 60.2 Å². The highest BCUT2D eigenvalue weighted by atomic mass is 19.1. The molecule has 30 heavy (non-hydrogen) atoms. The SMILES string of the molecule is O=C(COc1ccc(F)cc1)N[C@H]1CC[C@H](NC(=O)COc2ccc(F)cc2)CC1. The van der Waals surface area contributed by atoms with Gasteiger partial charge in [-0.15, -0.1) is 0 Å². The van der Waals surface area contributed by atoms with Crippen molar-refractivity contribution < 1.29 is 27.8 Å². The number of rotatable bonds is 8. The Morgan fingerprint density at radius 1 is 0.700 bits per heavy atom. The summed E-state index contributed by atoms with van der Waals surface area (Å²) in [6.45, 7) is -0.272. The van der Waals surface area contributed by atoms with Crippen LogP contribution >= 0.6 is 0 Å². The van der Waals surface area contributed by atoms with Crippen LogP contribution in [0.15, 0.2) is 48.5 Å². The molecule has 0 unspecified atom stereocenters. The molecule has 0 aliphatic heterocycles. The Labute approximate surface area is 173 Å². The average molecular weight is 418 g/mol. The third kappa shape index (κ3) is 7.02. The van der Waals surface area contributed by atoms with Gasteiger partial charge in [0.1, 0.15) is 23.1 Å². The third-order valence-corrected chi connectivity index (χ3v) is 4.82. The lowest BCUT2D eigenvalue weighted by molar-refractivity contribution is -0.125. The Kier molecular flexibility index (Phi) is 7.59. The van der Waals surface area contributed by atoms with Crippen LogP contribution in [0, 0.1) is 11.6 Å². The molecule has 1 saturated carbocycles. The van der Waals surface area contributed by atoms with Crippen molar-refractivity contribution >= 4 is 11.8 Å². The zero-order chi connectivity index (χ0) is 21.3. The standard InChI is InChI=1S/C22H24F2N2O4/c23-15-1-9-19(10-2-15)29-13-21(27)25-17-5-7-18(8-6-17)26-22(28)14-30-20-11-3-16(24)4-12-20/h1-4,9-12,17-18H,5-8,13-14H2,(H,25,27)(H,26,28)/t17-,18-. The van der Waals surface area contributed by atoms with E-state index in [2.05, 4.69) is 10.6 Å². The molecule has 1 fully saturated rings. The van der Waals surface area contributed by atoms with E-state index < -0.39 is 0 Å².